The van der Waals surface area contributed by atoms with Gasteiger partial charge in [-0.05, 0) is 50.4 Å². The maximum absolute atomic E-state index is 12.8. The maximum Gasteiger partial charge on any atom is 0.332 e. The second-order valence-corrected chi connectivity index (χ2v) is 7.13. The van der Waals surface area contributed by atoms with E-state index in [0.717, 1.165) is 32.9 Å². The Labute approximate surface area is 154 Å². The van der Waals surface area contributed by atoms with Crippen LogP contribution in [0.1, 0.15) is 31.0 Å². The highest BCUT2D eigenvalue weighted by atomic mass is 32.1. The molecule has 3 rings (SSSR count). The van der Waals surface area contributed by atoms with Crippen molar-refractivity contribution in [3.63, 3.8) is 0 Å². The van der Waals surface area contributed by atoms with Gasteiger partial charge in [0.05, 0.1) is 5.52 Å². The summed E-state index contributed by atoms with van der Waals surface area (Å²) in [5, 5.41) is 4.49. The van der Waals surface area contributed by atoms with E-state index < -0.39 is 11.2 Å². The summed E-state index contributed by atoms with van der Waals surface area (Å²) in [5.41, 5.74) is 2.30. The molecule has 2 heterocycles. The van der Waals surface area contributed by atoms with Crippen molar-refractivity contribution in [1.82, 2.24) is 13.5 Å². The van der Waals surface area contributed by atoms with E-state index in [-0.39, 0.29) is 24.0 Å². The van der Waals surface area contributed by atoms with Crippen LogP contribution in [0.25, 0.3) is 11.0 Å². The first kappa shape index (κ1) is 18.1. The Morgan fingerprint density at radius 3 is 2.50 bits per heavy atom. The van der Waals surface area contributed by atoms with Crippen molar-refractivity contribution in [2.75, 3.05) is 5.32 Å². The predicted octanol–water partition coefficient (Wildman–Crippen LogP) is 2.46. The normalized spacial score (nSPS) is 11.3. The van der Waals surface area contributed by atoms with Gasteiger partial charge in [0.25, 0.3) is 5.56 Å². The molecule has 136 valence electrons. The van der Waals surface area contributed by atoms with E-state index in [1.54, 1.807) is 19.2 Å². The molecule has 0 unspecified atom stereocenters. The minimum absolute atomic E-state index is 0.186. The lowest BCUT2D eigenvalue weighted by atomic mass is 10.1. The van der Waals surface area contributed by atoms with Crippen LogP contribution in [0.3, 0.4) is 0 Å². The molecule has 2 aromatic heterocycles. The Hall–Kier alpha value is -2.74. The van der Waals surface area contributed by atoms with Crippen LogP contribution in [0.5, 0.6) is 0 Å². The monoisotopic (exact) mass is 372 g/mol. The number of hydrogen-bond acceptors (Lipinski definition) is 5. The molecule has 0 atom stereocenters. The van der Waals surface area contributed by atoms with Crippen LogP contribution in [-0.2, 0) is 11.3 Å². The van der Waals surface area contributed by atoms with Gasteiger partial charge in [0.2, 0.25) is 5.91 Å². The molecule has 3 aromatic rings. The first-order valence-corrected chi connectivity index (χ1v) is 9.10. The van der Waals surface area contributed by atoms with Gasteiger partial charge in [-0.15, -0.1) is 0 Å². The Morgan fingerprint density at radius 1 is 1.23 bits per heavy atom. The van der Waals surface area contributed by atoms with Crippen molar-refractivity contribution in [1.29, 1.82) is 0 Å². The minimum Gasteiger partial charge on any atom is -0.324 e. The largest absolute Gasteiger partial charge is 0.332 e. The molecule has 26 heavy (non-hydrogen) atoms. The van der Waals surface area contributed by atoms with Gasteiger partial charge in [0, 0.05) is 17.1 Å². The maximum atomic E-state index is 12.8. The van der Waals surface area contributed by atoms with Crippen molar-refractivity contribution >= 4 is 34.2 Å². The summed E-state index contributed by atoms with van der Waals surface area (Å²) in [7, 11) is 0. The van der Waals surface area contributed by atoms with Crippen LogP contribution >= 0.6 is 11.5 Å². The number of hydrogen-bond donors (Lipinski definition) is 1. The summed E-state index contributed by atoms with van der Waals surface area (Å²) in [4.78, 5) is 37.8. The molecule has 0 aliphatic heterocycles. The van der Waals surface area contributed by atoms with Gasteiger partial charge in [-0.25, -0.2) is 4.79 Å². The summed E-state index contributed by atoms with van der Waals surface area (Å²) >= 11 is 1.09. The number of anilines is 1. The highest BCUT2D eigenvalue weighted by Gasteiger charge is 2.19. The smallest absolute Gasteiger partial charge is 0.324 e. The number of rotatable bonds is 4. The molecule has 0 aliphatic rings. The van der Waals surface area contributed by atoms with Gasteiger partial charge in [0.15, 0.2) is 5.52 Å². The van der Waals surface area contributed by atoms with E-state index in [9.17, 15) is 14.4 Å². The number of nitrogens with one attached hydrogen (secondary N) is 1. The van der Waals surface area contributed by atoms with E-state index in [4.69, 9.17) is 0 Å². The van der Waals surface area contributed by atoms with Crippen LogP contribution < -0.4 is 16.6 Å². The highest BCUT2D eigenvalue weighted by Crippen LogP contribution is 2.19. The summed E-state index contributed by atoms with van der Waals surface area (Å²) in [6.07, 6.45) is 0. The molecule has 1 aromatic carbocycles. The van der Waals surface area contributed by atoms with Crippen molar-refractivity contribution in [3.8, 4) is 0 Å². The molecule has 0 bridgehead atoms. The molecule has 0 spiro atoms. The highest BCUT2D eigenvalue weighted by molar-refractivity contribution is 7.04. The number of amides is 1. The standard InChI is InChI=1S/C18H20N4O3S/c1-10(2)22-17(24)16-13(9-26-20-16)21(18(22)25)8-14(23)19-15-11(3)6-5-7-12(15)4/h5-7,9-10H,8H2,1-4H3,(H,19,23). The molecular formula is C18H20N4O3S. The molecule has 7 nitrogen and oxygen atoms in total. The van der Waals surface area contributed by atoms with Gasteiger partial charge < -0.3 is 5.32 Å². The fourth-order valence-corrected chi connectivity index (χ4v) is 3.62. The van der Waals surface area contributed by atoms with Crippen LogP contribution in [0, 0.1) is 13.8 Å². The van der Waals surface area contributed by atoms with Crippen molar-refractivity contribution < 1.29 is 4.79 Å². The number of nitrogens with zero attached hydrogens (tertiary/aromatic N) is 3. The second-order valence-electron chi connectivity index (χ2n) is 6.50. The lowest BCUT2D eigenvalue weighted by Crippen LogP contribution is -2.42. The third-order valence-electron chi connectivity index (χ3n) is 4.26. The molecule has 0 saturated heterocycles. The van der Waals surface area contributed by atoms with Crippen LogP contribution in [-0.4, -0.2) is 19.4 Å². The average molecular weight is 372 g/mol. The van der Waals surface area contributed by atoms with Crippen molar-refractivity contribution in [2.45, 2.75) is 40.3 Å². The average Bonchev–Trinajstić information content (AvgIpc) is 3.05. The molecule has 0 saturated carbocycles. The Kier molecular flexibility index (Phi) is 4.78. The second kappa shape index (κ2) is 6.87. The third-order valence-corrected chi connectivity index (χ3v) is 4.88. The molecule has 0 fully saturated rings. The van der Waals surface area contributed by atoms with Crippen LogP contribution in [0.15, 0.2) is 33.2 Å². The predicted molar refractivity (Wildman–Crippen MR) is 103 cm³/mol. The lowest BCUT2D eigenvalue weighted by Gasteiger charge is -2.15. The SMILES string of the molecule is Cc1cccc(C)c1NC(=O)Cn1c(=O)n(C(C)C)c(=O)c2nscc21. The number of fused-ring (bicyclic) bond motifs is 1. The number of benzene rings is 1. The first-order valence-electron chi connectivity index (χ1n) is 8.26. The van der Waals surface area contributed by atoms with E-state index in [1.165, 1.54) is 4.57 Å². The van der Waals surface area contributed by atoms with Gasteiger partial charge in [-0.2, -0.15) is 4.37 Å². The number of aryl methyl sites for hydroxylation is 2. The molecule has 1 amide bonds. The molecule has 1 N–H and O–H groups in total. The van der Waals surface area contributed by atoms with Gasteiger partial charge >= 0.3 is 5.69 Å². The molecular weight excluding hydrogens is 352 g/mol. The molecule has 0 radical (unpaired) electrons. The van der Waals surface area contributed by atoms with E-state index in [2.05, 4.69) is 9.69 Å². The first-order chi connectivity index (χ1) is 12.3. The molecule has 8 heteroatoms. The lowest BCUT2D eigenvalue weighted by molar-refractivity contribution is -0.116. The minimum atomic E-state index is -0.505. The summed E-state index contributed by atoms with van der Waals surface area (Å²) in [6, 6.07) is 5.42. The number of carbonyl (C=O) groups excluding carboxylic acids is 1. The fourth-order valence-electron chi connectivity index (χ4n) is 2.95. The van der Waals surface area contributed by atoms with E-state index >= 15 is 0 Å². The summed E-state index contributed by atoms with van der Waals surface area (Å²) < 4.78 is 6.54. The number of para-hydroxylation sites is 1. The van der Waals surface area contributed by atoms with E-state index in [0.29, 0.717) is 5.52 Å². The van der Waals surface area contributed by atoms with Gasteiger partial charge in [-0.3, -0.25) is 18.7 Å². The quantitative estimate of drug-likeness (QED) is 0.762. The summed E-state index contributed by atoms with van der Waals surface area (Å²) in [6.45, 7) is 7.14. The van der Waals surface area contributed by atoms with Crippen LogP contribution in [0.2, 0.25) is 0 Å². The zero-order valence-corrected chi connectivity index (χ0v) is 15.9. The Balaban J connectivity index is 2.04. The van der Waals surface area contributed by atoms with Crippen LogP contribution in [0.4, 0.5) is 5.69 Å². The Bertz CT molecular complexity index is 1090. The molecule has 0 aliphatic carbocycles. The zero-order valence-electron chi connectivity index (χ0n) is 15.1. The number of carbonyl (C=O) groups is 1. The van der Waals surface area contributed by atoms with Gasteiger partial charge in [0.1, 0.15) is 6.54 Å². The number of aromatic nitrogens is 3. The zero-order chi connectivity index (χ0) is 19.0. The van der Waals surface area contributed by atoms with E-state index in [1.807, 2.05) is 32.0 Å². The fraction of sp³-hybridized carbons (Fsp3) is 0.333. The Morgan fingerprint density at radius 2 is 1.88 bits per heavy atom. The third kappa shape index (κ3) is 3.08. The van der Waals surface area contributed by atoms with Crippen molar-refractivity contribution in [3.05, 3.63) is 55.5 Å². The van der Waals surface area contributed by atoms with Gasteiger partial charge in [-0.1, -0.05) is 18.2 Å². The topological polar surface area (TPSA) is 86.0 Å². The summed E-state index contributed by atoms with van der Waals surface area (Å²) in [5.74, 6) is -0.328. The van der Waals surface area contributed by atoms with Crippen molar-refractivity contribution in [2.24, 2.45) is 0 Å².